The monoisotopic (exact) mass is 299 g/mol. The largest absolute Gasteiger partial charge is 0.389 e. The maximum absolute atomic E-state index is 11.9. The Morgan fingerprint density at radius 1 is 1.32 bits per heavy atom. The highest BCUT2D eigenvalue weighted by Gasteiger charge is 2.27. The number of aromatic nitrogens is 2. The van der Waals surface area contributed by atoms with Crippen LogP contribution in [0.5, 0.6) is 0 Å². The van der Waals surface area contributed by atoms with Gasteiger partial charge in [-0.15, -0.1) is 0 Å². The van der Waals surface area contributed by atoms with Crippen molar-refractivity contribution in [1.29, 1.82) is 0 Å². The average Bonchev–Trinajstić information content (AvgIpc) is 2.75. The second-order valence-electron chi connectivity index (χ2n) is 4.07. The summed E-state index contributed by atoms with van der Waals surface area (Å²) in [4.78, 5) is 6.84. The number of aryl methyl sites for hydroxylation is 1. The smallest absolute Gasteiger partial charge is 0.349 e. The lowest BCUT2D eigenvalue weighted by molar-refractivity contribution is -0.134. The Kier molecular flexibility index (Phi) is 5.80. The summed E-state index contributed by atoms with van der Waals surface area (Å²) in [7, 11) is -3.63. The topological polar surface area (TPSA) is 74.8 Å². The zero-order valence-electron chi connectivity index (χ0n) is 10.2. The molecule has 0 bridgehead atoms. The molecule has 110 valence electrons. The molecule has 0 saturated heterocycles. The molecule has 1 aromatic rings. The van der Waals surface area contributed by atoms with Crippen molar-refractivity contribution in [2.45, 2.75) is 31.9 Å². The molecule has 0 spiro atoms. The first-order valence-corrected chi connectivity index (χ1v) is 7.46. The van der Waals surface area contributed by atoms with Crippen molar-refractivity contribution in [3.63, 3.8) is 0 Å². The van der Waals surface area contributed by atoms with Crippen molar-refractivity contribution in [2.24, 2.45) is 0 Å². The zero-order chi connectivity index (χ0) is 14.4. The van der Waals surface area contributed by atoms with E-state index in [1.54, 1.807) is 12.4 Å². The van der Waals surface area contributed by atoms with E-state index in [0.29, 0.717) is 12.8 Å². The van der Waals surface area contributed by atoms with Crippen LogP contribution in [0.3, 0.4) is 0 Å². The Morgan fingerprint density at radius 3 is 2.63 bits per heavy atom. The van der Waals surface area contributed by atoms with Gasteiger partial charge >= 0.3 is 6.18 Å². The number of rotatable bonds is 8. The molecule has 2 N–H and O–H groups in total. The standard InChI is InChI=1S/C10H16F3N3O2S/c11-10(12,13)4-2-8-19(17,18)16-5-1-3-9-14-6-7-15-9/h6-7,16H,1-5,8H2,(H,14,15). The molecule has 0 unspecified atom stereocenters. The van der Waals surface area contributed by atoms with Crippen LogP contribution < -0.4 is 4.72 Å². The van der Waals surface area contributed by atoms with Gasteiger partial charge in [-0.1, -0.05) is 0 Å². The quantitative estimate of drug-likeness (QED) is 0.716. The van der Waals surface area contributed by atoms with E-state index in [-0.39, 0.29) is 6.54 Å². The molecule has 0 amide bonds. The van der Waals surface area contributed by atoms with Crippen LogP contribution in [0.2, 0.25) is 0 Å². The molecule has 9 heteroatoms. The van der Waals surface area contributed by atoms with Gasteiger partial charge in [0.15, 0.2) is 0 Å². The molecule has 0 aliphatic rings. The molecule has 1 heterocycles. The van der Waals surface area contributed by atoms with Crippen molar-refractivity contribution in [1.82, 2.24) is 14.7 Å². The lowest BCUT2D eigenvalue weighted by Gasteiger charge is -2.08. The van der Waals surface area contributed by atoms with Crippen LogP contribution in [0, 0.1) is 0 Å². The molecule has 0 aliphatic carbocycles. The number of hydrogen-bond donors (Lipinski definition) is 2. The van der Waals surface area contributed by atoms with Crippen LogP contribution >= 0.6 is 0 Å². The predicted octanol–water partition coefficient (Wildman–Crippen LogP) is 1.60. The van der Waals surface area contributed by atoms with Crippen LogP contribution in [0.1, 0.15) is 25.1 Å². The number of nitrogens with one attached hydrogen (secondary N) is 2. The van der Waals surface area contributed by atoms with Crippen LogP contribution in [0.15, 0.2) is 12.4 Å². The maximum atomic E-state index is 11.9. The summed E-state index contributed by atoms with van der Waals surface area (Å²) in [5.41, 5.74) is 0. The third-order valence-corrected chi connectivity index (χ3v) is 3.81. The molecule has 0 fully saturated rings. The Bertz CT molecular complexity index is 457. The van der Waals surface area contributed by atoms with Gasteiger partial charge in [-0.05, 0) is 12.8 Å². The fourth-order valence-electron chi connectivity index (χ4n) is 1.45. The molecule has 0 aliphatic heterocycles. The Balaban J connectivity index is 2.16. The van der Waals surface area contributed by atoms with E-state index in [2.05, 4.69) is 14.7 Å². The van der Waals surface area contributed by atoms with Crippen molar-refractivity contribution in [3.05, 3.63) is 18.2 Å². The van der Waals surface area contributed by atoms with Crippen molar-refractivity contribution >= 4 is 10.0 Å². The van der Waals surface area contributed by atoms with Crippen LogP contribution in [0.25, 0.3) is 0 Å². The van der Waals surface area contributed by atoms with Crippen LogP contribution in [-0.4, -0.2) is 36.9 Å². The first kappa shape index (κ1) is 16.0. The number of hydrogen-bond acceptors (Lipinski definition) is 3. The summed E-state index contributed by atoms with van der Waals surface area (Å²) in [5.74, 6) is 0.240. The van der Waals surface area contributed by atoms with Crippen LogP contribution in [0.4, 0.5) is 13.2 Å². The zero-order valence-corrected chi connectivity index (χ0v) is 11.0. The SMILES string of the molecule is O=S(=O)(CCCC(F)(F)F)NCCCc1ncc[nH]1. The molecular formula is C10H16F3N3O2S. The Morgan fingerprint density at radius 2 is 2.05 bits per heavy atom. The van der Waals surface area contributed by atoms with Gasteiger partial charge in [0.1, 0.15) is 5.82 Å². The fraction of sp³-hybridized carbons (Fsp3) is 0.700. The number of imidazole rings is 1. The van der Waals surface area contributed by atoms with E-state index < -0.39 is 34.8 Å². The lowest BCUT2D eigenvalue weighted by atomic mass is 10.3. The second-order valence-corrected chi connectivity index (χ2v) is 6.00. The summed E-state index contributed by atoms with van der Waals surface area (Å²) in [5, 5.41) is 0. The molecule has 5 nitrogen and oxygen atoms in total. The van der Waals surface area contributed by atoms with E-state index in [9.17, 15) is 21.6 Å². The van der Waals surface area contributed by atoms with Crippen molar-refractivity contribution < 1.29 is 21.6 Å². The summed E-state index contributed by atoms with van der Waals surface area (Å²) >= 11 is 0. The van der Waals surface area contributed by atoms with Crippen molar-refractivity contribution in [3.8, 4) is 0 Å². The van der Waals surface area contributed by atoms with E-state index in [0.717, 1.165) is 5.82 Å². The molecule has 19 heavy (non-hydrogen) atoms. The molecule has 1 rings (SSSR count). The van der Waals surface area contributed by atoms with Crippen molar-refractivity contribution in [2.75, 3.05) is 12.3 Å². The minimum Gasteiger partial charge on any atom is -0.349 e. The van der Waals surface area contributed by atoms with E-state index in [4.69, 9.17) is 0 Å². The van der Waals surface area contributed by atoms with Gasteiger partial charge < -0.3 is 4.98 Å². The lowest BCUT2D eigenvalue weighted by Crippen LogP contribution is -2.28. The normalized spacial score (nSPS) is 12.8. The minimum atomic E-state index is -4.31. The summed E-state index contributed by atoms with van der Waals surface area (Å²) < 4.78 is 60.6. The predicted molar refractivity (Wildman–Crippen MR) is 64.0 cm³/mol. The number of alkyl halides is 3. The molecular weight excluding hydrogens is 283 g/mol. The number of sulfonamides is 1. The van der Waals surface area contributed by atoms with Gasteiger partial charge in [-0.25, -0.2) is 18.1 Å². The maximum Gasteiger partial charge on any atom is 0.389 e. The first-order chi connectivity index (χ1) is 8.79. The third-order valence-electron chi connectivity index (χ3n) is 2.34. The summed E-state index contributed by atoms with van der Waals surface area (Å²) in [6, 6.07) is 0. The van der Waals surface area contributed by atoms with Gasteiger partial charge in [-0.3, -0.25) is 0 Å². The fourth-order valence-corrected chi connectivity index (χ4v) is 2.58. The van der Waals surface area contributed by atoms with Gasteiger partial charge in [-0.2, -0.15) is 13.2 Å². The van der Waals surface area contributed by atoms with E-state index >= 15 is 0 Å². The van der Waals surface area contributed by atoms with E-state index in [1.165, 1.54) is 0 Å². The molecule has 0 aromatic carbocycles. The Labute approximate surface area is 109 Å². The highest BCUT2D eigenvalue weighted by atomic mass is 32.2. The minimum absolute atomic E-state index is 0.190. The highest BCUT2D eigenvalue weighted by Crippen LogP contribution is 2.21. The van der Waals surface area contributed by atoms with Gasteiger partial charge in [0, 0.05) is 31.8 Å². The third kappa shape index (κ3) is 7.83. The molecule has 1 aromatic heterocycles. The van der Waals surface area contributed by atoms with Gasteiger partial charge in [0.2, 0.25) is 10.0 Å². The van der Waals surface area contributed by atoms with Gasteiger partial charge in [0.25, 0.3) is 0 Å². The number of halogens is 3. The molecule has 0 atom stereocenters. The molecule has 0 saturated carbocycles. The first-order valence-electron chi connectivity index (χ1n) is 5.81. The molecule has 0 radical (unpaired) electrons. The summed E-state index contributed by atoms with van der Waals surface area (Å²) in [6.07, 6.45) is -1.44. The number of aromatic amines is 1. The summed E-state index contributed by atoms with van der Waals surface area (Å²) in [6.45, 7) is 0.190. The van der Waals surface area contributed by atoms with Gasteiger partial charge in [0.05, 0.1) is 5.75 Å². The number of nitrogens with zero attached hydrogens (tertiary/aromatic N) is 1. The van der Waals surface area contributed by atoms with E-state index in [1.807, 2.05) is 0 Å². The number of H-pyrrole nitrogens is 1. The highest BCUT2D eigenvalue weighted by molar-refractivity contribution is 7.89. The second kappa shape index (κ2) is 6.90. The van der Waals surface area contributed by atoms with Crippen LogP contribution in [-0.2, 0) is 16.4 Å². The average molecular weight is 299 g/mol. The Hall–Kier alpha value is -1.09.